The summed E-state index contributed by atoms with van der Waals surface area (Å²) in [6, 6.07) is 4.31. The molecular weight excluding hydrogens is 280 g/mol. The molecule has 1 aromatic carbocycles. The van der Waals surface area contributed by atoms with Crippen LogP contribution in [0.25, 0.3) is 10.9 Å². The van der Waals surface area contributed by atoms with Crippen LogP contribution in [0.15, 0.2) is 28.8 Å². The lowest BCUT2D eigenvalue weighted by Crippen LogP contribution is -2.43. The highest BCUT2D eigenvalue weighted by molar-refractivity contribution is 7.98. The first-order valence-corrected chi connectivity index (χ1v) is 8.60. The monoisotopic (exact) mass is 300 g/mol. The number of aromatic nitrogens is 1. The molecule has 2 heterocycles. The summed E-state index contributed by atoms with van der Waals surface area (Å²) in [4.78, 5) is 5.94. The number of likely N-dealkylation sites (N-methyl/N-ethyl adjacent to an activating group) is 1. The molecule has 4 heteroatoms. The Hall–Kier alpha value is -1.39. The fraction of sp³-hybridized carbons (Fsp3) is 0.412. The number of phenolic OH excluding ortho intramolecular Hbond substituents is 1. The Kier molecular flexibility index (Phi) is 2.88. The van der Waals surface area contributed by atoms with E-state index < -0.39 is 0 Å². The lowest BCUT2D eigenvalue weighted by Gasteiger charge is -2.41. The summed E-state index contributed by atoms with van der Waals surface area (Å²) in [7, 11) is 2.21. The van der Waals surface area contributed by atoms with Gasteiger partial charge in [-0.05, 0) is 43.8 Å². The van der Waals surface area contributed by atoms with Crippen molar-refractivity contribution < 1.29 is 5.11 Å². The van der Waals surface area contributed by atoms with Gasteiger partial charge >= 0.3 is 0 Å². The second-order valence-corrected chi connectivity index (χ2v) is 7.14. The molecule has 2 N–H and O–H groups in total. The number of aromatic hydroxyl groups is 1. The summed E-state index contributed by atoms with van der Waals surface area (Å²) in [5.41, 5.74) is 5.19. The Morgan fingerprint density at radius 1 is 1.38 bits per heavy atom. The van der Waals surface area contributed by atoms with Crippen molar-refractivity contribution in [1.82, 2.24) is 9.88 Å². The third-order valence-corrected chi connectivity index (χ3v) is 5.65. The molecule has 4 rings (SSSR count). The quantitative estimate of drug-likeness (QED) is 0.625. The van der Waals surface area contributed by atoms with Crippen LogP contribution in [0.3, 0.4) is 0 Å². The first-order valence-electron chi connectivity index (χ1n) is 7.37. The summed E-state index contributed by atoms with van der Waals surface area (Å²) in [5.74, 6) is 0.745. The molecule has 0 amide bonds. The van der Waals surface area contributed by atoms with Crippen LogP contribution >= 0.6 is 11.8 Å². The zero-order chi connectivity index (χ0) is 14.7. The normalized spacial score (nSPS) is 25.0. The SMILES string of the molecule is CSc1[nH]c2cc(O)cc3c2c1C[C@@H]1[C@@H]3C=C(C)CN1C. The Morgan fingerprint density at radius 2 is 2.19 bits per heavy atom. The molecule has 0 unspecified atom stereocenters. The predicted molar refractivity (Wildman–Crippen MR) is 88.4 cm³/mol. The van der Waals surface area contributed by atoms with Crippen molar-refractivity contribution in [1.29, 1.82) is 0 Å². The van der Waals surface area contributed by atoms with Gasteiger partial charge in [-0.25, -0.2) is 0 Å². The molecule has 2 aliphatic rings. The van der Waals surface area contributed by atoms with E-state index in [1.165, 1.54) is 27.1 Å². The number of hydrogen-bond donors (Lipinski definition) is 2. The summed E-state index contributed by atoms with van der Waals surface area (Å²) in [6.07, 6.45) is 5.59. The maximum Gasteiger partial charge on any atom is 0.117 e. The molecule has 0 spiro atoms. The Morgan fingerprint density at radius 3 is 2.95 bits per heavy atom. The highest BCUT2D eigenvalue weighted by Gasteiger charge is 2.36. The van der Waals surface area contributed by atoms with Crippen LogP contribution in [0.2, 0.25) is 0 Å². The average molecular weight is 300 g/mol. The molecule has 3 nitrogen and oxygen atoms in total. The first-order chi connectivity index (χ1) is 10.1. The second-order valence-electron chi connectivity index (χ2n) is 6.32. The molecule has 2 atom stereocenters. The summed E-state index contributed by atoms with van der Waals surface area (Å²) in [5, 5.41) is 12.7. The van der Waals surface area contributed by atoms with Crippen LogP contribution in [0, 0.1) is 0 Å². The number of thioether (sulfide) groups is 1. The molecule has 1 aliphatic heterocycles. The Balaban J connectivity index is 2.03. The maximum absolute atomic E-state index is 10.1. The fourth-order valence-corrected chi connectivity index (χ4v) is 4.72. The molecule has 110 valence electrons. The number of nitrogens with one attached hydrogen (secondary N) is 1. The van der Waals surface area contributed by atoms with Crippen LogP contribution in [0.1, 0.15) is 24.0 Å². The van der Waals surface area contributed by atoms with E-state index in [0.29, 0.717) is 17.7 Å². The van der Waals surface area contributed by atoms with E-state index in [4.69, 9.17) is 0 Å². The number of hydrogen-bond acceptors (Lipinski definition) is 3. The van der Waals surface area contributed by atoms with Gasteiger partial charge in [0.15, 0.2) is 0 Å². The third-order valence-electron chi connectivity index (χ3n) is 4.90. The summed E-state index contributed by atoms with van der Waals surface area (Å²) in [6.45, 7) is 3.24. The third kappa shape index (κ3) is 1.86. The minimum Gasteiger partial charge on any atom is -0.508 e. The molecule has 0 saturated heterocycles. The van der Waals surface area contributed by atoms with Gasteiger partial charge in [-0.3, -0.25) is 4.90 Å². The van der Waals surface area contributed by atoms with Gasteiger partial charge in [-0.15, -0.1) is 11.8 Å². The average Bonchev–Trinajstić information content (AvgIpc) is 2.78. The number of nitrogens with zero attached hydrogens (tertiary/aromatic N) is 1. The van der Waals surface area contributed by atoms with Crippen LogP contribution in [-0.2, 0) is 6.42 Å². The molecular formula is C17H20N2OS. The topological polar surface area (TPSA) is 39.3 Å². The van der Waals surface area contributed by atoms with Crippen LogP contribution < -0.4 is 0 Å². The summed E-state index contributed by atoms with van der Waals surface area (Å²) < 4.78 is 0. The predicted octanol–water partition coefficient (Wildman–Crippen LogP) is 3.50. The Bertz CT molecular complexity index is 762. The Labute approximate surface area is 129 Å². The lowest BCUT2D eigenvalue weighted by atomic mass is 9.76. The van der Waals surface area contributed by atoms with E-state index in [9.17, 15) is 5.11 Å². The van der Waals surface area contributed by atoms with Crippen molar-refractivity contribution in [3.05, 3.63) is 34.9 Å². The molecule has 0 fully saturated rings. The number of benzene rings is 1. The van der Waals surface area contributed by atoms with Gasteiger partial charge in [-0.1, -0.05) is 11.6 Å². The van der Waals surface area contributed by atoms with Crippen molar-refractivity contribution in [2.45, 2.75) is 30.3 Å². The standard InChI is InChI=1S/C17H20N2OS/c1-9-4-11-12-5-10(20)6-14-16(12)13(17(18-14)21-3)7-15(11)19(2)8-9/h4-6,11,15,18,20H,7-8H2,1-3H3/t11-,15-/m1/s1. The second kappa shape index (κ2) is 4.55. The molecule has 1 aliphatic carbocycles. The van der Waals surface area contributed by atoms with Crippen molar-refractivity contribution in [2.24, 2.45) is 0 Å². The van der Waals surface area contributed by atoms with E-state index in [-0.39, 0.29) is 0 Å². The number of fused-ring (bicyclic) bond motifs is 2. The van der Waals surface area contributed by atoms with Gasteiger partial charge in [-0.2, -0.15) is 0 Å². The smallest absolute Gasteiger partial charge is 0.117 e. The number of rotatable bonds is 1. The van der Waals surface area contributed by atoms with E-state index >= 15 is 0 Å². The van der Waals surface area contributed by atoms with Crippen molar-refractivity contribution in [3.8, 4) is 5.75 Å². The van der Waals surface area contributed by atoms with Crippen molar-refractivity contribution in [2.75, 3.05) is 19.8 Å². The van der Waals surface area contributed by atoms with E-state index in [1.807, 2.05) is 12.1 Å². The van der Waals surface area contributed by atoms with Crippen molar-refractivity contribution >= 4 is 22.7 Å². The van der Waals surface area contributed by atoms with Gasteiger partial charge in [0.1, 0.15) is 5.75 Å². The largest absolute Gasteiger partial charge is 0.508 e. The zero-order valence-electron chi connectivity index (χ0n) is 12.6. The maximum atomic E-state index is 10.1. The molecule has 1 aromatic heterocycles. The number of H-pyrrole nitrogens is 1. The van der Waals surface area contributed by atoms with Crippen LogP contribution in [-0.4, -0.2) is 40.9 Å². The highest BCUT2D eigenvalue weighted by Crippen LogP contribution is 2.45. The van der Waals surface area contributed by atoms with Crippen molar-refractivity contribution in [3.63, 3.8) is 0 Å². The van der Waals surface area contributed by atoms with Crippen LogP contribution in [0.4, 0.5) is 0 Å². The lowest BCUT2D eigenvalue weighted by molar-refractivity contribution is 0.223. The fourth-order valence-electron chi connectivity index (χ4n) is 4.07. The van der Waals surface area contributed by atoms with Crippen LogP contribution in [0.5, 0.6) is 5.75 Å². The van der Waals surface area contributed by atoms with Gasteiger partial charge < -0.3 is 10.1 Å². The van der Waals surface area contributed by atoms with E-state index in [2.05, 4.69) is 36.2 Å². The van der Waals surface area contributed by atoms with Gasteiger partial charge in [0.05, 0.1) is 10.5 Å². The first kappa shape index (κ1) is 13.3. The minimum absolute atomic E-state index is 0.359. The highest BCUT2D eigenvalue weighted by atomic mass is 32.2. The van der Waals surface area contributed by atoms with Gasteiger partial charge in [0.25, 0.3) is 0 Å². The number of aromatic amines is 1. The van der Waals surface area contributed by atoms with E-state index in [0.717, 1.165) is 18.5 Å². The number of phenols is 1. The van der Waals surface area contributed by atoms with E-state index in [1.54, 1.807) is 11.8 Å². The molecule has 2 aromatic rings. The molecule has 0 bridgehead atoms. The van der Waals surface area contributed by atoms with Gasteiger partial charge in [0.2, 0.25) is 0 Å². The molecule has 0 radical (unpaired) electrons. The molecule has 0 saturated carbocycles. The van der Waals surface area contributed by atoms with Gasteiger partial charge in [0, 0.05) is 30.0 Å². The zero-order valence-corrected chi connectivity index (χ0v) is 13.4. The minimum atomic E-state index is 0.359. The summed E-state index contributed by atoms with van der Waals surface area (Å²) >= 11 is 1.76. The molecule has 21 heavy (non-hydrogen) atoms.